The molecule has 0 fully saturated rings. The lowest BCUT2D eigenvalue weighted by molar-refractivity contribution is -0.117. The Hall–Kier alpha value is -2.13. The molecule has 1 amide bonds. The number of amides is 1. The van der Waals surface area contributed by atoms with Crippen LogP contribution in [0.25, 0.3) is 0 Å². The summed E-state index contributed by atoms with van der Waals surface area (Å²) in [5.41, 5.74) is 9.89. The summed E-state index contributed by atoms with van der Waals surface area (Å²) in [5, 5.41) is 3.06. The Morgan fingerprint density at radius 1 is 1.14 bits per heavy atom. The van der Waals surface area contributed by atoms with E-state index in [1.807, 2.05) is 55.5 Å². The standard InChI is InChI=1S/C18H22N2O/c1-3-14-11-7-8-13(2)17(14)20-18(21)16(12-19)15-9-5-4-6-10-15/h4-11,16H,3,12,19H2,1-2H3,(H,20,21). The van der Waals surface area contributed by atoms with Gasteiger partial charge in [-0.15, -0.1) is 0 Å². The molecule has 3 N–H and O–H groups in total. The highest BCUT2D eigenvalue weighted by Gasteiger charge is 2.20. The van der Waals surface area contributed by atoms with Crippen LogP contribution in [0.3, 0.4) is 0 Å². The highest BCUT2D eigenvalue weighted by molar-refractivity contribution is 5.97. The number of nitrogens with one attached hydrogen (secondary N) is 1. The lowest BCUT2D eigenvalue weighted by Gasteiger charge is -2.18. The van der Waals surface area contributed by atoms with Gasteiger partial charge in [0.2, 0.25) is 5.91 Å². The molecule has 0 spiro atoms. The molecule has 110 valence electrons. The molecule has 1 unspecified atom stereocenters. The largest absolute Gasteiger partial charge is 0.329 e. The Balaban J connectivity index is 2.25. The van der Waals surface area contributed by atoms with Gasteiger partial charge in [0.1, 0.15) is 0 Å². The molecule has 0 aliphatic carbocycles. The first-order valence-corrected chi connectivity index (χ1v) is 7.31. The molecule has 0 aliphatic rings. The van der Waals surface area contributed by atoms with Crippen LogP contribution in [0.2, 0.25) is 0 Å². The summed E-state index contributed by atoms with van der Waals surface area (Å²) in [6.07, 6.45) is 0.885. The number of nitrogens with two attached hydrogens (primary N) is 1. The lowest BCUT2D eigenvalue weighted by atomic mass is 9.97. The highest BCUT2D eigenvalue weighted by atomic mass is 16.1. The van der Waals surface area contributed by atoms with Crippen molar-refractivity contribution in [2.24, 2.45) is 5.73 Å². The number of anilines is 1. The molecule has 1 atom stereocenters. The molecule has 3 nitrogen and oxygen atoms in total. The molecular formula is C18H22N2O. The first-order chi connectivity index (χ1) is 10.2. The van der Waals surface area contributed by atoms with Crippen molar-refractivity contribution in [1.29, 1.82) is 0 Å². The maximum atomic E-state index is 12.6. The van der Waals surface area contributed by atoms with Crippen LogP contribution >= 0.6 is 0 Å². The Bertz CT molecular complexity index is 608. The van der Waals surface area contributed by atoms with E-state index in [4.69, 9.17) is 5.73 Å². The van der Waals surface area contributed by atoms with Gasteiger partial charge in [0, 0.05) is 12.2 Å². The molecule has 2 rings (SSSR count). The molecule has 0 saturated heterocycles. The fraction of sp³-hybridized carbons (Fsp3) is 0.278. The SMILES string of the molecule is CCc1cccc(C)c1NC(=O)C(CN)c1ccccc1. The molecule has 0 heterocycles. The fourth-order valence-corrected chi connectivity index (χ4v) is 2.49. The maximum absolute atomic E-state index is 12.6. The zero-order valence-electron chi connectivity index (χ0n) is 12.6. The van der Waals surface area contributed by atoms with Gasteiger partial charge in [-0.3, -0.25) is 4.79 Å². The van der Waals surface area contributed by atoms with Crippen molar-refractivity contribution < 1.29 is 4.79 Å². The average molecular weight is 282 g/mol. The molecule has 0 bridgehead atoms. The van der Waals surface area contributed by atoms with Crippen molar-refractivity contribution in [3.05, 3.63) is 65.2 Å². The predicted octanol–water partition coefficient (Wildman–Crippen LogP) is 3.24. The van der Waals surface area contributed by atoms with Crippen LogP contribution in [0.15, 0.2) is 48.5 Å². The van der Waals surface area contributed by atoms with Crippen LogP contribution in [0.1, 0.15) is 29.5 Å². The molecular weight excluding hydrogens is 260 g/mol. The Kier molecular flexibility index (Phi) is 5.12. The number of hydrogen-bond donors (Lipinski definition) is 2. The van der Waals surface area contributed by atoms with Crippen molar-refractivity contribution in [1.82, 2.24) is 0 Å². The van der Waals surface area contributed by atoms with Crippen LogP contribution in [-0.4, -0.2) is 12.5 Å². The highest BCUT2D eigenvalue weighted by Crippen LogP contribution is 2.23. The van der Waals surface area contributed by atoms with Gasteiger partial charge in [0.05, 0.1) is 5.92 Å². The smallest absolute Gasteiger partial charge is 0.233 e. The van der Waals surface area contributed by atoms with E-state index >= 15 is 0 Å². The summed E-state index contributed by atoms with van der Waals surface area (Å²) in [4.78, 5) is 12.6. The number of carbonyl (C=O) groups excluding carboxylic acids is 1. The summed E-state index contributed by atoms with van der Waals surface area (Å²) in [6, 6.07) is 15.7. The van der Waals surface area contributed by atoms with Gasteiger partial charge >= 0.3 is 0 Å². The molecule has 3 heteroatoms. The van der Waals surface area contributed by atoms with Crippen molar-refractivity contribution in [3.8, 4) is 0 Å². The van der Waals surface area contributed by atoms with Crippen molar-refractivity contribution in [2.75, 3.05) is 11.9 Å². The van der Waals surface area contributed by atoms with Gasteiger partial charge in [0.15, 0.2) is 0 Å². The number of aryl methyl sites for hydroxylation is 2. The Morgan fingerprint density at radius 3 is 2.48 bits per heavy atom. The first-order valence-electron chi connectivity index (χ1n) is 7.31. The molecule has 2 aromatic carbocycles. The van der Waals surface area contributed by atoms with Gasteiger partial charge in [-0.05, 0) is 30.0 Å². The minimum Gasteiger partial charge on any atom is -0.329 e. The lowest BCUT2D eigenvalue weighted by Crippen LogP contribution is -2.28. The van der Waals surface area contributed by atoms with Crippen LogP contribution in [0.5, 0.6) is 0 Å². The summed E-state index contributed by atoms with van der Waals surface area (Å²) in [6.45, 7) is 4.39. The summed E-state index contributed by atoms with van der Waals surface area (Å²) in [5.74, 6) is -0.372. The van der Waals surface area contributed by atoms with E-state index in [0.717, 1.165) is 28.8 Å². The number of carbonyl (C=O) groups is 1. The van der Waals surface area contributed by atoms with Gasteiger partial charge in [-0.2, -0.15) is 0 Å². The summed E-state index contributed by atoms with van der Waals surface area (Å²) < 4.78 is 0. The molecule has 2 aromatic rings. The normalized spacial score (nSPS) is 12.0. The number of hydrogen-bond acceptors (Lipinski definition) is 2. The second-order valence-electron chi connectivity index (χ2n) is 5.15. The van der Waals surface area contributed by atoms with E-state index in [1.165, 1.54) is 0 Å². The molecule has 21 heavy (non-hydrogen) atoms. The summed E-state index contributed by atoms with van der Waals surface area (Å²) >= 11 is 0. The van der Waals surface area contributed by atoms with E-state index in [1.54, 1.807) is 0 Å². The predicted molar refractivity (Wildman–Crippen MR) is 87.4 cm³/mol. The third kappa shape index (κ3) is 3.50. The third-order valence-electron chi connectivity index (χ3n) is 3.74. The number of benzene rings is 2. The second-order valence-corrected chi connectivity index (χ2v) is 5.15. The van der Waals surface area contributed by atoms with Crippen molar-refractivity contribution >= 4 is 11.6 Å². The minimum absolute atomic E-state index is 0.0484. The Morgan fingerprint density at radius 2 is 1.86 bits per heavy atom. The van der Waals surface area contributed by atoms with Crippen molar-refractivity contribution in [3.63, 3.8) is 0 Å². The van der Waals surface area contributed by atoms with Gasteiger partial charge in [0.25, 0.3) is 0 Å². The maximum Gasteiger partial charge on any atom is 0.233 e. The van der Waals surface area contributed by atoms with Gasteiger partial charge < -0.3 is 11.1 Å². The molecule has 0 radical (unpaired) electrons. The van der Waals surface area contributed by atoms with E-state index < -0.39 is 0 Å². The zero-order chi connectivity index (χ0) is 15.2. The second kappa shape index (κ2) is 7.04. The summed E-state index contributed by atoms with van der Waals surface area (Å²) in [7, 11) is 0. The van der Waals surface area contributed by atoms with E-state index in [0.29, 0.717) is 6.54 Å². The van der Waals surface area contributed by atoms with Crippen LogP contribution in [-0.2, 0) is 11.2 Å². The minimum atomic E-state index is -0.324. The fourth-order valence-electron chi connectivity index (χ4n) is 2.49. The first kappa shape index (κ1) is 15.3. The van der Waals surface area contributed by atoms with Crippen LogP contribution < -0.4 is 11.1 Å². The Labute approximate surface area is 126 Å². The third-order valence-corrected chi connectivity index (χ3v) is 3.74. The van der Waals surface area contributed by atoms with E-state index in [-0.39, 0.29) is 11.8 Å². The average Bonchev–Trinajstić information content (AvgIpc) is 2.51. The monoisotopic (exact) mass is 282 g/mol. The quantitative estimate of drug-likeness (QED) is 0.884. The number of para-hydroxylation sites is 1. The molecule has 0 saturated carbocycles. The zero-order valence-corrected chi connectivity index (χ0v) is 12.6. The van der Waals surface area contributed by atoms with Crippen LogP contribution in [0, 0.1) is 6.92 Å². The topological polar surface area (TPSA) is 55.1 Å². The molecule has 0 aliphatic heterocycles. The van der Waals surface area contributed by atoms with Crippen LogP contribution in [0.4, 0.5) is 5.69 Å². The van der Waals surface area contributed by atoms with Gasteiger partial charge in [-0.1, -0.05) is 55.5 Å². The van der Waals surface area contributed by atoms with E-state index in [2.05, 4.69) is 12.2 Å². The van der Waals surface area contributed by atoms with Crippen molar-refractivity contribution in [2.45, 2.75) is 26.2 Å². The van der Waals surface area contributed by atoms with Gasteiger partial charge in [-0.25, -0.2) is 0 Å². The van der Waals surface area contributed by atoms with E-state index in [9.17, 15) is 4.79 Å². The molecule has 0 aromatic heterocycles. The number of rotatable bonds is 5.